The highest BCUT2D eigenvalue weighted by Gasteiger charge is 2.36. The maximum absolute atomic E-state index is 12.0. The van der Waals surface area contributed by atoms with Crippen LogP contribution in [0.3, 0.4) is 0 Å². The van der Waals surface area contributed by atoms with Gasteiger partial charge in [0.1, 0.15) is 5.78 Å². The molecule has 2 heterocycles. The van der Waals surface area contributed by atoms with Gasteiger partial charge in [-0.3, -0.25) is 4.79 Å². The van der Waals surface area contributed by atoms with E-state index in [0.717, 1.165) is 18.6 Å². The average molecular weight is 240 g/mol. The van der Waals surface area contributed by atoms with Crippen molar-refractivity contribution in [3.8, 4) is 0 Å². The number of hydrogen-bond donors (Lipinski definition) is 0. The van der Waals surface area contributed by atoms with Crippen molar-refractivity contribution in [3.63, 3.8) is 0 Å². The summed E-state index contributed by atoms with van der Waals surface area (Å²) in [6.45, 7) is 2.11. The summed E-state index contributed by atoms with van der Waals surface area (Å²) in [5, 5.41) is 4.21. The Morgan fingerprint density at radius 2 is 2.47 bits per heavy atom. The zero-order valence-corrected chi connectivity index (χ0v) is 10.6. The third-order valence-electron chi connectivity index (χ3n) is 3.03. The Labute approximate surface area is 99.3 Å². The molecule has 0 aliphatic carbocycles. The van der Waals surface area contributed by atoms with Crippen molar-refractivity contribution in [2.75, 3.05) is 5.75 Å². The fourth-order valence-corrected chi connectivity index (χ4v) is 3.95. The van der Waals surface area contributed by atoms with Gasteiger partial charge in [-0.05, 0) is 54.3 Å². The van der Waals surface area contributed by atoms with Crippen LogP contribution in [0, 0.1) is 0 Å². The Balaban J connectivity index is 1.87. The van der Waals surface area contributed by atoms with Crippen LogP contribution >= 0.6 is 23.1 Å². The van der Waals surface area contributed by atoms with E-state index < -0.39 is 0 Å². The predicted molar refractivity (Wildman–Crippen MR) is 67.7 cm³/mol. The van der Waals surface area contributed by atoms with Gasteiger partial charge in [0, 0.05) is 6.42 Å². The van der Waals surface area contributed by atoms with E-state index in [1.165, 1.54) is 12.0 Å². The number of rotatable bonds is 4. The highest BCUT2D eigenvalue weighted by atomic mass is 32.2. The molecule has 82 valence electrons. The first-order valence-electron chi connectivity index (χ1n) is 5.39. The monoisotopic (exact) mass is 240 g/mol. The largest absolute Gasteiger partial charge is 0.298 e. The highest BCUT2D eigenvalue weighted by molar-refractivity contribution is 8.01. The number of ketones is 1. The average Bonchev–Trinajstić information content (AvgIpc) is 2.85. The van der Waals surface area contributed by atoms with Gasteiger partial charge in [0.2, 0.25) is 0 Å². The third-order valence-corrected chi connectivity index (χ3v) is 5.32. The maximum atomic E-state index is 12.0. The van der Waals surface area contributed by atoms with Crippen LogP contribution in [-0.2, 0) is 11.2 Å². The van der Waals surface area contributed by atoms with E-state index in [1.54, 1.807) is 11.3 Å². The Hall–Kier alpha value is -0.280. The molecule has 3 heteroatoms. The van der Waals surface area contributed by atoms with E-state index in [0.29, 0.717) is 12.2 Å². The molecule has 0 N–H and O–H groups in total. The van der Waals surface area contributed by atoms with Crippen molar-refractivity contribution in [2.45, 2.75) is 37.4 Å². The first-order valence-corrected chi connectivity index (χ1v) is 7.32. The molecule has 1 aliphatic heterocycles. The number of thiophene rings is 1. The van der Waals surface area contributed by atoms with E-state index in [1.807, 2.05) is 11.8 Å². The van der Waals surface area contributed by atoms with Gasteiger partial charge >= 0.3 is 0 Å². The van der Waals surface area contributed by atoms with Crippen LogP contribution in [0.1, 0.15) is 31.7 Å². The quantitative estimate of drug-likeness (QED) is 0.801. The van der Waals surface area contributed by atoms with Gasteiger partial charge in [0.25, 0.3) is 0 Å². The van der Waals surface area contributed by atoms with Crippen molar-refractivity contribution < 1.29 is 4.79 Å². The van der Waals surface area contributed by atoms with E-state index in [4.69, 9.17) is 0 Å². The molecular weight excluding hydrogens is 224 g/mol. The van der Waals surface area contributed by atoms with Crippen LogP contribution < -0.4 is 0 Å². The summed E-state index contributed by atoms with van der Waals surface area (Å²) in [6, 6.07) is 2.11. The van der Waals surface area contributed by atoms with Crippen molar-refractivity contribution in [3.05, 3.63) is 22.4 Å². The highest BCUT2D eigenvalue weighted by Crippen LogP contribution is 2.39. The van der Waals surface area contributed by atoms with Crippen LogP contribution in [0.2, 0.25) is 0 Å². The second-order valence-corrected chi connectivity index (χ2v) is 6.62. The molecule has 1 saturated heterocycles. The summed E-state index contributed by atoms with van der Waals surface area (Å²) in [5.74, 6) is 1.59. The molecule has 0 radical (unpaired) electrons. The number of carbonyl (C=O) groups is 1. The normalized spacial score (nSPS) is 25.7. The molecule has 1 aromatic rings. The van der Waals surface area contributed by atoms with Gasteiger partial charge in [-0.2, -0.15) is 11.3 Å². The molecule has 0 aromatic carbocycles. The van der Waals surface area contributed by atoms with Crippen LogP contribution in [0.15, 0.2) is 16.8 Å². The van der Waals surface area contributed by atoms with Crippen molar-refractivity contribution >= 4 is 28.9 Å². The minimum atomic E-state index is -0.0734. The Morgan fingerprint density at radius 1 is 1.60 bits per heavy atom. The predicted octanol–water partition coefficient (Wildman–Crippen LogP) is 3.54. The summed E-state index contributed by atoms with van der Waals surface area (Å²) >= 11 is 3.55. The molecule has 1 nitrogen and oxygen atoms in total. The molecule has 1 aromatic heterocycles. The number of aryl methyl sites for hydroxylation is 1. The van der Waals surface area contributed by atoms with Crippen LogP contribution in [0.5, 0.6) is 0 Å². The lowest BCUT2D eigenvalue weighted by Gasteiger charge is -2.20. The van der Waals surface area contributed by atoms with Gasteiger partial charge < -0.3 is 0 Å². The second kappa shape index (κ2) is 4.71. The number of thioether (sulfide) groups is 1. The number of carbonyl (C=O) groups excluding carboxylic acids is 1. The van der Waals surface area contributed by atoms with Crippen molar-refractivity contribution in [2.24, 2.45) is 0 Å². The number of hydrogen-bond acceptors (Lipinski definition) is 3. The van der Waals surface area contributed by atoms with Gasteiger partial charge in [0.15, 0.2) is 0 Å². The molecule has 1 aliphatic rings. The summed E-state index contributed by atoms with van der Waals surface area (Å²) in [7, 11) is 0. The zero-order valence-electron chi connectivity index (χ0n) is 8.99. The van der Waals surface area contributed by atoms with Gasteiger partial charge in [0.05, 0.1) is 4.75 Å². The van der Waals surface area contributed by atoms with Crippen LogP contribution in [0.25, 0.3) is 0 Å². The van der Waals surface area contributed by atoms with E-state index >= 15 is 0 Å². The van der Waals surface area contributed by atoms with Crippen LogP contribution in [-0.4, -0.2) is 16.3 Å². The minimum Gasteiger partial charge on any atom is -0.298 e. The van der Waals surface area contributed by atoms with E-state index in [-0.39, 0.29) is 4.75 Å². The van der Waals surface area contributed by atoms with Gasteiger partial charge in [-0.1, -0.05) is 0 Å². The Morgan fingerprint density at radius 3 is 3.07 bits per heavy atom. The standard InChI is InChI=1S/C12H16OS2/c1-12(6-2-7-15-12)11(13)4-3-10-5-8-14-9-10/h5,8-9H,2-4,6-7H2,1H3. The Kier molecular flexibility index (Phi) is 3.52. The second-order valence-electron chi connectivity index (χ2n) is 4.24. The molecule has 0 saturated carbocycles. The topological polar surface area (TPSA) is 17.1 Å². The molecular formula is C12H16OS2. The maximum Gasteiger partial charge on any atom is 0.148 e. The van der Waals surface area contributed by atoms with E-state index in [2.05, 4.69) is 23.8 Å². The molecule has 15 heavy (non-hydrogen) atoms. The molecule has 0 amide bonds. The smallest absolute Gasteiger partial charge is 0.148 e. The molecule has 1 fully saturated rings. The minimum absolute atomic E-state index is 0.0734. The Bertz CT molecular complexity index is 323. The fraction of sp³-hybridized carbons (Fsp3) is 0.583. The molecule has 1 atom stereocenters. The van der Waals surface area contributed by atoms with E-state index in [9.17, 15) is 4.79 Å². The molecule has 0 spiro atoms. The molecule has 1 unspecified atom stereocenters. The fourth-order valence-electron chi connectivity index (χ4n) is 1.96. The summed E-state index contributed by atoms with van der Waals surface area (Å²) in [4.78, 5) is 12.0. The SMILES string of the molecule is CC1(C(=O)CCc2ccsc2)CCCS1. The summed E-state index contributed by atoms with van der Waals surface area (Å²) in [6.07, 6.45) is 3.89. The lowest BCUT2D eigenvalue weighted by Crippen LogP contribution is -2.28. The van der Waals surface area contributed by atoms with Gasteiger partial charge in [-0.25, -0.2) is 0 Å². The summed E-state index contributed by atoms with van der Waals surface area (Å²) in [5.41, 5.74) is 1.31. The lowest BCUT2D eigenvalue weighted by atomic mass is 9.96. The zero-order chi connectivity index (χ0) is 10.7. The first kappa shape index (κ1) is 11.2. The molecule has 0 bridgehead atoms. The van der Waals surface area contributed by atoms with Crippen molar-refractivity contribution in [1.82, 2.24) is 0 Å². The van der Waals surface area contributed by atoms with Crippen molar-refractivity contribution in [1.29, 1.82) is 0 Å². The first-order chi connectivity index (χ1) is 7.21. The van der Waals surface area contributed by atoms with Crippen LogP contribution in [0.4, 0.5) is 0 Å². The van der Waals surface area contributed by atoms with Gasteiger partial charge in [-0.15, -0.1) is 11.8 Å². The third kappa shape index (κ3) is 2.64. The lowest BCUT2D eigenvalue weighted by molar-refractivity contribution is -0.121. The summed E-state index contributed by atoms with van der Waals surface area (Å²) < 4.78 is -0.0734. The molecule has 2 rings (SSSR count). The number of Topliss-reactive ketones (excluding diaryl/α,β-unsaturated/α-hetero) is 1.